The van der Waals surface area contributed by atoms with Crippen molar-refractivity contribution in [3.05, 3.63) is 101 Å². The summed E-state index contributed by atoms with van der Waals surface area (Å²) in [5.41, 5.74) is 3.71. The first-order valence-corrected chi connectivity index (χ1v) is 13.0. The summed E-state index contributed by atoms with van der Waals surface area (Å²) in [6.45, 7) is 0.118. The Kier molecular flexibility index (Phi) is 5.17. The number of carbonyl (C=O) groups excluding carboxylic acids is 1. The Balaban J connectivity index is 1.59. The fourth-order valence-corrected chi connectivity index (χ4v) is 6.44. The van der Waals surface area contributed by atoms with Gasteiger partial charge in [0.15, 0.2) is 0 Å². The number of aromatic amines is 2. The maximum absolute atomic E-state index is 13.4. The van der Waals surface area contributed by atoms with Crippen LogP contribution in [0.1, 0.15) is 27.5 Å². The molecule has 0 unspecified atom stereocenters. The minimum Gasteiger partial charge on any atom is -0.361 e. The molecule has 3 aromatic carbocycles. The molecule has 5 aromatic rings. The van der Waals surface area contributed by atoms with Gasteiger partial charge in [0.05, 0.1) is 10.9 Å². The van der Waals surface area contributed by atoms with E-state index in [1.54, 1.807) is 36.4 Å². The van der Waals surface area contributed by atoms with E-state index in [9.17, 15) is 13.2 Å². The van der Waals surface area contributed by atoms with Gasteiger partial charge in [0.2, 0.25) is 10.0 Å². The number of fused-ring (bicyclic) bond motifs is 4. The fourth-order valence-electron chi connectivity index (χ4n) is 5.00. The first kappa shape index (κ1) is 21.9. The Labute approximate surface area is 206 Å². The molecule has 1 aliphatic rings. The van der Waals surface area contributed by atoms with Gasteiger partial charge in [0, 0.05) is 45.5 Å². The zero-order valence-electron chi connectivity index (χ0n) is 18.4. The monoisotopic (exact) mass is 504 g/mol. The van der Waals surface area contributed by atoms with Crippen molar-refractivity contribution in [2.45, 2.75) is 16.9 Å². The zero-order valence-corrected chi connectivity index (χ0v) is 20.0. The van der Waals surface area contributed by atoms with Crippen molar-refractivity contribution in [2.24, 2.45) is 0 Å². The summed E-state index contributed by atoms with van der Waals surface area (Å²) in [7, 11) is -3.86. The molecule has 4 N–H and O–H groups in total. The molecule has 176 valence electrons. The molecule has 7 nitrogen and oxygen atoms in total. The number of aromatic nitrogens is 2. The third-order valence-corrected chi connectivity index (χ3v) is 8.28. The predicted molar refractivity (Wildman–Crippen MR) is 136 cm³/mol. The molecule has 35 heavy (non-hydrogen) atoms. The highest BCUT2D eigenvalue weighted by atomic mass is 35.5. The van der Waals surface area contributed by atoms with Crippen molar-refractivity contribution in [3.8, 4) is 0 Å². The predicted octanol–water partition coefficient (Wildman–Crippen LogP) is 4.53. The third kappa shape index (κ3) is 3.70. The van der Waals surface area contributed by atoms with E-state index < -0.39 is 22.0 Å². The summed E-state index contributed by atoms with van der Waals surface area (Å²) in [6.07, 6.45) is 1.87. The third-order valence-electron chi connectivity index (χ3n) is 6.54. The molecule has 2 aromatic heterocycles. The van der Waals surface area contributed by atoms with Crippen LogP contribution in [-0.2, 0) is 10.0 Å². The molecule has 0 saturated heterocycles. The molecule has 0 aliphatic carbocycles. The lowest BCUT2D eigenvalue weighted by molar-refractivity contribution is 0.0950. The van der Waals surface area contributed by atoms with Crippen molar-refractivity contribution >= 4 is 49.3 Å². The fraction of sp³-hybridized carbons (Fsp3) is 0.115. The van der Waals surface area contributed by atoms with Gasteiger partial charge < -0.3 is 15.3 Å². The second kappa shape index (κ2) is 8.27. The highest BCUT2D eigenvalue weighted by Crippen LogP contribution is 2.41. The molecule has 0 radical (unpaired) electrons. The molecule has 0 spiro atoms. The minimum atomic E-state index is -3.86. The van der Waals surface area contributed by atoms with Gasteiger partial charge in [0.1, 0.15) is 5.69 Å². The second-order valence-corrected chi connectivity index (χ2v) is 10.8. The molecule has 3 heterocycles. The summed E-state index contributed by atoms with van der Waals surface area (Å²) < 4.78 is 29.6. The first-order valence-electron chi connectivity index (χ1n) is 11.1. The standard InChI is InChI=1S/C26H21ClN4O3S/c27-15-10-11-17-19(13-28-21(17)12-15)23-22(31-35(33,34)16-6-2-1-3-7-16)14-29-26(32)25-24(23)18-8-4-5-9-20(18)30-25/h1-13,22-23,28,30-31H,14H2,(H,29,32)/t22-,23+/m1/s1. The van der Waals surface area contributed by atoms with Gasteiger partial charge in [-0.3, -0.25) is 4.79 Å². The van der Waals surface area contributed by atoms with E-state index >= 15 is 0 Å². The van der Waals surface area contributed by atoms with Crippen molar-refractivity contribution in [3.63, 3.8) is 0 Å². The molecule has 9 heteroatoms. The Morgan fingerprint density at radius 3 is 2.51 bits per heavy atom. The number of halogens is 1. The second-order valence-electron chi connectivity index (χ2n) is 8.62. The summed E-state index contributed by atoms with van der Waals surface area (Å²) in [6, 6.07) is 20.8. The number of sulfonamides is 1. The average Bonchev–Trinajstić information content (AvgIpc) is 3.41. The van der Waals surface area contributed by atoms with Crippen LogP contribution in [0.3, 0.4) is 0 Å². The van der Waals surface area contributed by atoms with E-state index in [2.05, 4.69) is 20.0 Å². The molecule has 1 amide bonds. The molecule has 0 bridgehead atoms. The summed E-state index contributed by atoms with van der Waals surface area (Å²) in [4.78, 5) is 19.8. The number of H-pyrrole nitrogens is 2. The van der Waals surface area contributed by atoms with Gasteiger partial charge in [-0.25, -0.2) is 13.1 Å². The van der Waals surface area contributed by atoms with E-state index in [4.69, 9.17) is 11.6 Å². The van der Waals surface area contributed by atoms with Gasteiger partial charge >= 0.3 is 0 Å². The van der Waals surface area contributed by atoms with Crippen LogP contribution in [0, 0.1) is 0 Å². The SMILES string of the molecule is O=C1NC[C@@H](NS(=O)(=O)c2ccccc2)[C@H](c2c[nH]c3cc(Cl)ccc23)c2c1[nH]c1ccccc21. The molecule has 6 rings (SSSR count). The van der Waals surface area contributed by atoms with E-state index in [0.29, 0.717) is 10.7 Å². The molecular formula is C26H21ClN4O3S. The quantitative estimate of drug-likeness (QED) is 0.289. The number of rotatable bonds is 4. The summed E-state index contributed by atoms with van der Waals surface area (Å²) >= 11 is 6.21. The Bertz CT molecular complexity index is 1690. The van der Waals surface area contributed by atoms with Crippen LogP contribution >= 0.6 is 11.6 Å². The van der Waals surface area contributed by atoms with E-state index in [1.807, 2.05) is 42.6 Å². The highest BCUT2D eigenvalue weighted by Gasteiger charge is 2.38. The molecular weight excluding hydrogens is 484 g/mol. The smallest absolute Gasteiger partial charge is 0.268 e. The normalized spacial score (nSPS) is 18.4. The van der Waals surface area contributed by atoms with Crippen molar-refractivity contribution in [1.29, 1.82) is 0 Å². The van der Waals surface area contributed by atoms with Gasteiger partial charge in [-0.1, -0.05) is 54.1 Å². The lowest BCUT2D eigenvalue weighted by Crippen LogP contribution is -2.45. The Hall–Kier alpha value is -3.59. The van der Waals surface area contributed by atoms with Crippen LogP contribution in [0.15, 0.2) is 83.9 Å². The Morgan fingerprint density at radius 1 is 0.914 bits per heavy atom. The maximum Gasteiger partial charge on any atom is 0.268 e. The van der Waals surface area contributed by atoms with Gasteiger partial charge in [-0.05, 0) is 41.5 Å². The largest absolute Gasteiger partial charge is 0.361 e. The molecule has 0 saturated carbocycles. The number of hydrogen-bond donors (Lipinski definition) is 4. The van der Waals surface area contributed by atoms with Gasteiger partial charge in [0.25, 0.3) is 5.91 Å². The lowest BCUT2D eigenvalue weighted by Gasteiger charge is -2.26. The van der Waals surface area contributed by atoms with E-state index in [1.165, 1.54) is 0 Å². The van der Waals surface area contributed by atoms with Crippen LogP contribution in [0.5, 0.6) is 0 Å². The van der Waals surface area contributed by atoms with Crippen molar-refractivity contribution in [1.82, 2.24) is 20.0 Å². The maximum atomic E-state index is 13.4. The van der Waals surface area contributed by atoms with E-state index in [0.717, 1.165) is 32.9 Å². The van der Waals surface area contributed by atoms with Gasteiger partial charge in [-0.2, -0.15) is 0 Å². The number of para-hydroxylation sites is 1. The molecule has 2 atom stereocenters. The topological polar surface area (TPSA) is 107 Å². The number of hydrogen-bond acceptors (Lipinski definition) is 3. The van der Waals surface area contributed by atoms with Crippen LogP contribution in [0.25, 0.3) is 21.8 Å². The molecule has 0 fully saturated rings. The van der Waals surface area contributed by atoms with Crippen LogP contribution in [-0.4, -0.2) is 36.9 Å². The Morgan fingerprint density at radius 2 is 1.69 bits per heavy atom. The number of benzene rings is 3. The van der Waals surface area contributed by atoms with Crippen LogP contribution in [0.2, 0.25) is 5.02 Å². The van der Waals surface area contributed by atoms with Crippen molar-refractivity contribution < 1.29 is 13.2 Å². The minimum absolute atomic E-state index is 0.118. The van der Waals surface area contributed by atoms with E-state index in [-0.39, 0.29) is 17.3 Å². The summed E-state index contributed by atoms with van der Waals surface area (Å²) in [5, 5.41) is 5.28. The van der Waals surface area contributed by atoms with Crippen LogP contribution < -0.4 is 10.0 Å². The average molecular weight is 505 g/mol. The highest BCUT2D eigenvalue weighted by molar-refractivity contribution is 7.89. The van der Waals surface area contributed by atoms with Crippen molar-refractivity contribution in [2.75, 3.05) is 6.54 Å². The number of amides is 1. The number of nitrogens with one attached hydrogen (secondary N) is 4. The molecule has 1 aliphatic heterocycles. The summed E-state index contributed by atoms with van der Waals surface area (Å²) in [5.74, 6) is -0.737. The van der Waals surface area contributed by atoms with Gasteiger partial charge in [-0.15, -0.1) is 0 Å². The number of carbonyl (C=O) groups is 1. The lowest BCUT2D eigenvalue weighted by atomic mass is 9.84. The van der Waals surface area contributed by atoms with Crippen LogP contribution in [0.4, 0.5) is 0 Å². The first-order chi connectivity index (χ1) is 16.9. The zero-order chi connectivity index (χ0) is 24.2.